The summed E-state index contributed by atoms with van der Waals surface area (Å²) >= 11 is 0. The molecule has 0 bridgehead atoms. The fourth-order valence-electron chi connectivity index (χ4n) is 3.36. The third-order valence-electron chi connectivity index (χ3n) is 4.80. The van der Waals surface area contributed by atoms with Gasteiger partial charge in [0.1, 0.15) is 43.4 Å². The molecule has 0 saturated heterocycles. The fourth-order valence-corrected chi connectivity index (χ4v) is 3.36. The van der Waals surface area contributed by atoms with Crippen LogP contribution in [0, 0.1) is 10.8 Å². The lowest BCUT2D eigenvalue weighted by Crippen LogP contribution is -2.50. The Kier molecular flexibility index (Phi) is 15.1. The van der Waals surface area contributed by atoms with Gasteiger partial charge in [0.15, 0.2) is 0 Å². The van der Waals surface area contributed by atoms with Crippen molar-refractivity contribution in [2.75, 3.05) is 26.4 Å². The minimum atomic E-state index is -1.72. The second kappa shape index (κ2) is 16.8. The zero-order chi connectivity index (χ0) is 27.6. The Morgan fingerprint density at radius 3 is 1.44 bits per heavy atom. The first-order valence-corrected chi connectivity index (χ1v) is 11.3. The van der Waals surface area contributed by atoms with Crippen molar-refractivity contribution in [3.8, 4) is 0 Å². The second-order valence-electron chi connectivity index (χ2n) is 7.33. The van der Waals surface area contributed by atoms with E-state index in [4.69, 9.17) is 18.9 Å². The molecular formula is C27H36O9. The van der Waals surface area contributed by atoms with Gasteiger partial charge in [0.05, 0.1) is 0 Å². The number of rotatable bonds is 16. The predicted octanol–water partition coefficient (Wildman–Crippen LogP) is 3.17. The van der Waals surface area contributed by atoms with Crippen molar-refractivity contribution in [3.63, 3.8) is 0 Å². The lowest BCUT2D eigenvalue weighted by molar-refractivity contribution is -0.169. The van der Waals surface area contributed by atoms with Gasteiger partial charge in [-0.15, -0.1) is 0 Å². The highest BCUT2D eigenvalue weighted by Gasteiger charge is 2.57. The van der Waals surface area contributed by atoms with Crippen LogP contribution in [-0.4, -0.2) is 61.5 Å². The van der Waals surface area contributed by atoms with Crippen molar-refractivity contribution in [2.45, 2.75) is 33.8 Å². The summed E-state index contributed by atoms with van der Waals surface area (Å²) in [5, 5.41) is 10.1. The molecule has 0 aliphatic heterocycles. The molecule has 1 N–H and O–H groups in total. The van der Waals surface area contributed by atoms with Gasteiger partial charge in [-0.3, -0.25) is 9.59 Å². The summed E-state index contributed by atoms with van der Waals surface area (Å²) in [4.78, 5) is 49.6. The van der Waals surface area contributed by atoms with E-state index >= 15 is 0 Å². The lowest BCUT2D eigenvalue weighted by atomic mass is 9.61. The molecule has 0 aliphatic carbocycles. The van der Waals surface area contributed by atoms with Gasteiger partial charge < -0.3 is 24.1 Å². The third-order valence-corrected chi connectivity index (χ3v) is 4.80. The summed E-state index contributed by atoms with van der Waals surface area (Å²) < 4.78 is 20.4. The van der Waals surface area contributed by atoms with Crippen LogP contribution in [0.25, 0.3) is 0 Å². The van der Waals surface area contributed by atoms with E-state index in [9.17, 15) is 24.3 Å². The summed E-state index contributed by atoms with van der Waals surface area (Å²) in [5.74, 6) is -3.07. The van der Waals surface area contributed by atoms with Crippen LogP contribution in [-0.2, 0) is 38.1 Å². The molecule has 198 valence electrons. The Hall–Kier alpha value is -3.72. The first-order valence-electron chi connectivity index (χ1n) is 11.3. The molecule has 0 aromatic carbocycles. The molecule has 0 rings (SSSR count). The maximum absolute atomic E-state index is 13.6. The van der Waals surface area contributed by atoms with Gasteiger partial charge in [-0.2, -0.15) is 0 Å². The van der Waals surface area contributed by atoms with E-state index in [1.54, 1.807) is 52.0 Å². The highest BCUT2D eigenvalue weighted by atomic mass is 16.6. The molecule has 0 heterocycles. The van der Waals surface area contributed by atoms with E-state index in [0.717, 1.165) is 12.2 Å². The van der Waals surface area contributed by atoms with E-state index in [1.807, 2.05) is 0 Å². The molecule has 0 aromatic rings. The van der Waals surface area contributed by atoms with Crippen molar-refractivity contribution in [1.29, 1.82) is 0 Å². The number of hydrogen-bond acceptors (Lipinski definition) is 9. The summed E-state index contributed by atoms with van der Waals surface area (Å²) in [6, 6.07) is 0. The van der Waals surface area contributed by atoms with Gasteiger partial charge >= 0.3 is 23.9 Å². The number of carbonyl (C=O) groups is 4. The molecule has 0 fully saturated rings. The maximum atomic E-state index is 13.6. The molecule has 0 amide bonds. The highest BCUT2D eigenvalue weighted by Crippen LogP contribution is 2.47. The van der Waals surface area contributed by atoms with Crippen molar-refractivity contribution in [2.24, 2.45) is 10.8 Å². The molecule has 2 unspecified atom stereocenters. The molecule has 36 heavy (non-hydrogen) atoms. The van der Waals surface area contributed by atoms with E-state index < -0.39 is 54.0 Å². The third kappa shape index (κ3) is 8.81. The van der Waals surface area contributed by atoms with Crippen LogP contribution in [0.2, 0.25) is 0 Å². The number of ether oxygens (including phenoxy) is 4. The van der Waals surface area contributed by atoms with Gasteiger partial charge in [-0.25, -0.2) is 9.59 Å². The minimum absolute atomic E-state index is 0.210. The van der Waals surface area contributed by atoms with E-state index in [2.05, 4.69) is 13.2 Å². The van der Waals surface area contributed by atoms with Crippen LogP contribution in [0.1, 0.15) is 27.7 Å². The van der Waals surface area contributed by atoms with Crippen LogP contribution in [0.4, 0.5) is 0 Å². The Labute approximate surface area is 212 Å². The van der Waals surface area contributed by atoms with Crippen LogP contribution in [0.15, 0.2) is 73.9 Å². The van der Waals surface area contributed by atoms with Gasteiger partial charge in [0.2, 0.25) is 0 Å². The normalized spacial score (nSPS) is 14.5. The summed E-state index contributed by atoms with van der Waals surface area (Å²) in [7, 11) is 0. The number of allylic oxidation sites excluding steroid dienone is 4. The van der Waals surface area contributed by atoms with Gasteiger partial charge in [-0.05, 0) is 27.7 Å². The number of aliphatic hydroxyl groups excluding tert-OH is 1. The standard InChI is InChI=1S/C27H36O9/c1-7-13-26(14-8-2,24(31)34-18-17-33-22(29)11-5)27(15-9-3,16-10-4)25(32)36-20-21(28)19-35-23(30)12-6/h7-16,21,28H,5-6,17-20H2,1-4H3/b13-7-,14-8+,15-9+,16-10+. The quantitative estimate of drug-likeness (QED) is 0.111. The monoisotopic (exact) mass is 504 g/mol. The van der Waals surface area contributed by atoms with E-state index in [1.165, 1.54) is 24.3 Å². The second-order valence-corrected chi connectivity index (χ2v) is 7.33. The fraction of sp³-hybridized carbons (Fsp3) is 0.407. The number of esters is 4. The van der Waals surface area contributed by atoms with Crippen LogP contribution in [0.5, 0.6) is 0 Å². The van der Waals surface area contributed by atoms with Crippen LogP contribution < -0.4 is 0 Å². The summed E-state index contributed by atoms with van der Waals surface area (Å²) in [6.07, 6.45) is 13.0. The zero-order valence-corrected chi connectivity index (χ0v) is 21.3. The Morgan fingerprint density at radius 2 is 1.03 bits per heavy atom. The molecule has 2 atom stereocenters. The highest BCUT2D eigenvalue weighted by molar-refractivity contribution is 5.95. The maximum Gasteiger partial charge on any atom is 0.330 e. The topological polar surface area (TPSA) is 125 Å². The molecule has 0 radical (unpaired) electrons. The number of hydrogen-bond donors (Lipinski definition) is 1. The average molecular weight is 505 g/mol. The zero-order valence-electron chi connectivity index (χ0n) is 21.3. The van der Waals surface area contributed by atoms with Gasteiger partial charge in [-0.1, -0.05) is 61.8 Å². The molecule has 0 aromatic heterocycles. The van der Waals surface area contributed by atoms with Crippen molar-refractivity contribution < 1.29 is 43.2 Å². The number of carbonyl (C=O) groups excluding carboxylic acids is 4. The van der Waals surface area contributed by atoms with E-state index in [0.29, 0.717) is 0 Å². The van der Waals surface area contributed by atoms with Crippen molar-refractivity contribution >= 4 is 23.9 Å². The van der Waals surface area contributed by atoms with E-state index in [-0.39, 0.29) is 13.2 Å². The minimum Gasteiger partial charge on any atom is -0.462 e. The molecule has 0 aliphatic rings. The molecule has 9 heteroatoms. The summed E-state index contributed by atoms with van der Waals surface area (Å²) in [6.45, 7) is 11.9. The molecular weight excluding hydrogens is 468 g/mol. The predicted molar refractivity (Wildman–Crippen MR) is 134 cm³/mol. The average Bonchev–Trinajstić information content (AvgIpc) is 2.87. The Bertz CT molecular complexity index is 869. The Morgan fingerprint density at radius 1 is 0.667 bits per heavy atom. The summed E-state index contributed by atoms with van der Waals surface area (Å²) in [5.41, 5.74) is -3.42. The number of aliphatic hydroxyl groups is 1. The lowest BCUT2D eigenvalue weighted by Gasteiger charge is -2.40. The SMILES string of the molecule is C=CC(=O)OCCOC(=O)C(/C=C\C)(/C=C/C)C(/C=C/C)(/C=C/C)C(=O)OCC(O)COC(=O)C=C. The Balaban J connectivity index is 6.28. The first kappa shape index (κ1) is 32.3. The molecule has 0 spiro atoms. The van der Waals surface area contributed by atoms with Gasteiger partial charge in [0.25, 0.3) is 0 Å². The van der Waals surface area contributed by atoms with Gasteiger partial charge in [0, 0.05) is 12.2 Å². The molecule has 0 saturated carbocycles. The van der Waals surface area contributed by atoms with Crippen molar-refractivity contribution in [3.05, 3.63) is 73.9 Å². The molecule has 9 nitrogen and oxygen atoms in total. The van der Waals surface area contributed by atoms with Crippen LogP contribution >= 0.6 is 0 Å². The largest absolute Gasteiger partial charge is 0.462 e. The smallest absolute Gasteiger partial charge is 0.330 e. The van der Waals surface area contributed by atoms with Crippen molar-refractivity contribution in [1.82, 2.24) is 0 Å². The first-order chi connectivity index (χ1) is 17.1. The van der Waals surface area contributed by atoms with Crippen LogP contribution in [0.3, 0.4) is 0 Å².